The molecule has 0 amide bonds. The first kappa shape index (κ1) is 21.4. The second kappa shape index (κ2) is 7.70. The average Bonchev–Trinajstić information content (AvgIpc) is 3.03. The number of hydrogen-bond donors (Lipinski definition) is 1. The molecule has 0 aliphatic heterocycles. The van der Waals surface area contributed by atoms with Gasteiger partial charge in [-0.2, -0.15) is 0 Å². The fraction of sp³-hybridized carbons (Fsp3) is 0.786. The monoisotopic (exact) mass is 396 g/mol. The summed E-state index contributed by atoms with van der Waals surface area (Å²) in [7, 11) is 0. The predicted octanol–water partition coefficient (Wildman–Crippen LogP) is 7.33. The quantitative estimate of drug-likeness (QED) is 0.493. The molecule has 0 heterocycles. The van der Waals surface area contributed by atoms with E-state index in [0.29, 0.717) is 22.7 Å². The summed E-state index contributed by atoms with van der Waals surface area (Å²) in [5, 5.41) is 10.2. The summed E-state index contributed by atoms with van der Waals surface area (Å²) >= 11 is 0. The van der Waals surface area contributed by atoms with Crippen molar-refractivity contribution in [2.75, 3.05) is 0 Å². The van der Waals surface area contributed by atoms with Crippen LogP contribution < -0.4 is 0 Å². The topological polar surface area (TPSA) is 20.2 Å². The first-order chi connectivity index (χ1) is 13.7. The van der Waals surface area contributed by atoms with Crippen LogP contribution in [-0.4, -0.2) is 11.2 Å². The van der Waals surface area contributed by atoms with E-state index in [1.165, 1.54) is 37.7 Å². The van der Waals surface area contributed by atoms with Crippen molar-refractivity contribution in [3.63, 3.8) is 0 Å². The molecular weight excluding hydrogens is 352 g/mol. The maximum absolute atomic E-state index is 10.2. The van der Waals surface area contributed by atoms with Crippen molar-refractivity contribution in [1.29, 1.82) is 0 Å². The van der Waals surface area contributed by atoms with Crippen LogP contribution in [0.3, 0.4) is 0 Å². The molecule has 162 valence electrons. The molecule has 3 saturated carbocycles. The Hall–Kier alpha value is -0.820. The van der Waals surface area contributed by atoms with E-state index in [2.05, 4.69) is 65.8 Å². The number of allylic oxidation sites excluding steroid dienone is 5. The molecule has 0 bridgehead atoms. The van der Waals surface area contributed by atoms with Crippen molar-refractivity contribution in [2.24, 2.45) is 46.3 Å². The van der Waals surface area contributed by atoms with Crippen LogP contribution in [0.25, 0.3) is 0 Å². The molecule has 0 aromatic carbocycles. The van der Waals surface area contributed by atoms with Gasteiger partial charge in [-0.1, -0.05) is 77.0 Å². The molecule has 4 aliphatic carbocycles. The van der Waals surface area contributed by atoms with Gasteiger partial charge < -0.3 is 5.11 Å². The van der Waals surface area contributed by atoms with Crippen LogP contribution in [0.5, 0.6) is 0 Å². The highest BCUT2D eigenvalue weighted by Gasteiger charge is 2.56. The van der Waals surface area contributed by atoms with Crippen molar-refractivity contribution >= 4 is 0 Å². The lowest BCUT2D eigenvalue weighted by Gasteiger charge is -2.55. The van der Waals surface area contributed by atoms with E-state index in [4.69, 9.17) is 0 Å². The van der Waals surface area contributed by atoms with E-state index >= 15 is 0 Å². The van der Waals surface area contributed by atoms with E-state index in [9.17, 15) is 5.11 Å². The molecule has 0 radical (unpaired) electrons. The Morgan fingerprint density at radius 1 is 0.931 bits per heavy atom. The second-order valence-corrected chi connectivity index (χ2v) is 11.9. The van der Waals surface area contributed by atoms with Gasteiger partial charge in [0.15, 0.2) is 0 Å². The molecule has 0 aromatic heterocycles. The van der Waals surface area contributed by atoms with Crippen molar-refractivity contribution in [3.05, 3.63) is 35.5 Å². The zero-order valence-corrected chi connectivity index (χ0v) is 19.7. The normalized spacial score (nSPS) is 44.0. The van der Waals surface area contributed by atoms with Crippen molar-refractivity contribution < 1.29 is 5.11 Å². The van der Waals surface area contributed by atoms with Crippen LogP contribution in [0.4, 0.5) is 0 Å². The fourth-order valence-corrected chi connectivity index (χ4v) is 7.59. The van der Waals surface area contributed by atoms with E-state index in [-0.39, 0.29) is 6.10 Å². The third kappa shape index (κ3) is 3.50. The maximum atomic E-state index is 10.2. The molecule has 0 spiro atoms. The van der Waals surface area contributed by atoms with Gasteiger partial charge in [0.05, 0.1) is 6.10 Å². The van der Waals surface area contributed by atoms with Gasteiger partial charge >= 0.3 is 0 Å². The standard InChI is InChI=1S/C28H44O/c1-18(2)19(3)7-8-20(4)24-11-12-25-23-10-9-21-17-22(29)13-15-27(21,5)26(23)14-16-28(24,25)6/h7-10,18-20,22,24-26,29H,11-17H2,1-6H3/b8-7+/t19?,20-,22?,24-,25+,26+,27+,28-/m1/s1. The number of hydrogen-bond acceptors (Lipinski definition) is 1. The minimum absolute atomic E-state index is 0.116. The molecule has 1 N–H and O–H groups in total. The van der Waals surface area contributed by atoms with Crippen molar-refractivity contribution in [2.45, 2.75) is 92.6 Å². The Labute approximate surface area is 179 Å². The molecule has 4 aliphatic rings. The highest BCUT2D eigenvalue weighted by molar-refractivity contribution is 5.39. The fourth-order valence-electron chi connectivity index (χ4n) is 7.59. The van der Waals surface area contributed by atoms with Gasteiger partial charge in [-0.15, -0.1) is 0 Å². The number of rotatable bonds is 4. The average molecular weight is 397 g/mol. The molecule has 8 atom stereocenters. The first-order valence-corrected chi connectivity index (χ1v) is 12.4. The predicted molar refractivity (Wildman–Crippen MR) is 123 cm³/mol. The third-order valence-corrected chi connectivity index (χ3v) is 10.0. The zero-order chi connectivity index (χ0) is 21.0. The summed E-state index contributed by atoms with van der Waals surface area (Å²) in [6.07, 6.45) is 18.4. The molecule has 1 nitrogen and oxygen atoms in total. The molecule has 1 heteroatoms. The van der Waals surface area contributed by atoms with Crippen molar-refractivity contribution in [1.82, 2.24) is 0 Å². The molecule has 4 rings (SSSR count). The second-order valence-electron chi connectivity index (χ2n) is 11.9. The summed E-state index contributed by atoms with van der Waals surface area (Å²) in [6, 6.07) is 0. The smallest absolute Gasteiger partial charge is 0.0578 e. The lowest BCUT2D eigenvalue weighted by atomic mass is 9.50. The first-order valence-electron chi connectivity index (χ1n) is 12.4. The molecule has 29 heavy (non-hydrogen) atoms. The summed E-state index contributed by atoms with van der Waals surface area (Å²) in [4.78, 5) is 0. The highest BCUT2D eigenvalue weighted by atomic mass is 16.3. The van der Waals surface area contributed by atoms with E-state index < -0.39 is 0 Å². The van der Waals surface area contributed by atoms with Crippen LogP contribution >= 0.6 is 0 Å². The molecule has 2 unspecified atom stereocenters. The van der Waals surface area contributed by atoms with Gasteiger partial charge in [0.2, 0.25) is 0 Å². The Kier molecular flexibility index (Phi) is 5.69. The molecular formula is C28H44O. The van der Waals surface area contributed by atoms with Gasteiger partial charge in [-0.25, -0.2) is 0 Å². The van der Waals surface area contributed by atoms with Crippen LogP contribution in [0.2, 0.25) is 0 Å². The molecule has 0 saturated heterocycles. The molecule has 0 aromatic rings. The van der Waals surface area contributed by atoms with Crippen LogP contribution in [0.1, 0.15) is 86.5 Å². The van der Waals surface area contributed by atoms with Crippen LogP contribution in [0.15, 0.2) is 35.5 Å². The Balaban J connectivity index is 1.57. The number of aliphatic hydroxyl groups excluding tert-OH is 1. The van der Waals surface area contributed by atoms with Crippen molar-refractivity contribution in [3.8, 4) is 0 Å². The van der Waals surface area contributed by atoms with Gasteiger partial charge in [0, 0.05) is 0 Å². The lowest BCUT2D eigenvalue weighted by Crippen LogP contribution is -2.46. The largest absolute Gasteiger partial charge is 0.393 e. The minimum Gasteiger partial charge on any atom is -0.393 e. The maximum Gasteiger partial charge on any atom is 0.0578 e. The summed E-state index contributed by atoms with van der Waals surface area (Å²) in [5.41, 5.74) is 4.07. The summed E-state index contributed by atoms with van der Waals surface area (Å²) < 4.78 is 0. The van der Waals surface area contributed by atoms with E-state index in [0.717, 1.165) is 36.5 Å². The minimum atomic E-state index is -0.116. The SMILES string of the molecule is CC(C)C(C)/C=C/[C@@H](C)[C@H]1CC[C@H]2C3=CC=C4CC(O)CC[C@]4(C)[C@H]3CC[C@]12C. The number of fused-ring (bicyclic) bond motifs is 5. The van der Waals surface area contributed by atoms with Gasteiger partial charge in [-0.05, 0) is 91.3 Å². The number of aliphatic hydroxyl groups is 1. The van der Waals surface area contributed by atoms with Gasteiger partial charge in [0.1, 0.15) is 0 Å². The summed E-state index contributed by atoms with van der Waals surface area (Å²) in [6.45, 7) is 14.6. The molecule has 3 fully saturated rings. The Morgan fingerprint density at radius 2 is 1.69 bits per heavy atom. The van der Waals surface area contributed by atoms with E-state index in [1.807, 2.05) is 0 Å². The highest BCUT2D eigenvalue weighted by Crippen LogP contribution is 2.65. The Bertz CT molecular complexity index is 712. The Morgan fingerprint density at radius 3 is 2.41 bits per heavy atom. The summed E-state index contributed by atoms with van der Waals surface area (Å²) in [5.74, 6) is 4.38. The lowest BCUT2D eigenvalue weighted by molar-refractivity contribution is 0.0382. The van der Waals surface area contributed by atoms with E-state index in [1.54, 1.807) is 5.57 Å². The third-order valence-electron chi connectivity index (χ3n) is 10.0. The zero-order valence-electron chi connectivity index (χ0n) is 19.7. The van der Waals surface area contributed by atoms with Gasteiger partial charge in [0.25, 0.3) is 0 Å². The van der Waals surface area contributed by atoms with Crippen LogP contribution in [0, 0.1) is 46.3 Å². The van der Waals surface area contributed by atoms with Crippen LogP contribution in [-0.2, 0) is 0 Å². The van der Waals surface area contributed by atoms with Gasteiger partial charge in [-0.3, -0.25) is 0 Å².